The largest absolute Gasteiger partial charge is 0.366 e. The molecule has 1 radical (unpaired) electrons. The van der Waals surface area contributed by atoms with Crippen molar-refractivity contribution in [1.82, 2.24) is 4.90 Å². The molecule has 1 unspecified atom stereocenters. The Morgan fingerprint density at radius 3 is 2.69 bits per heavy atom. The van der Waals surface area contributed by atoms with Gasteiger partial charge in [-0.1, -0.05) is 18.2 Å². The maximum atomic E-state index is 10.4. The van der Waals surface area contributed by atoms with E-state index in [1.807, 2.05) is 12.4 Å². The Morgan fingerprint density at radius 2 is 2.06 bits per heavy atom. The van der Waals surface area contributed by atoms with Gasteiger partial charge in [-0.3, -0.25) is 9.69 Å². The topological polar surface area (TPSA) is 23.6 Å². The van der Waals surface area contributed by atoms with E-state index in [-0.39, 0.29) is 0 Å². The predicted molar refractivity (Wildman–Crippen MR) is 65.4 cm³/mol. The van der Waals surface area contributed by atoms with E-state index in [2.05, 4.69) is 41.0 Å². The lowest BCUT2D eigenvalue weighted by Crippen LogP contribution is -2.52. The zero-order chi connectivity index (χ0) is 11.4. The summed E-state index contributed by atoms with van der Waals surface area (Å²) in [6, 6.07) is 10.9. The van der Waals surface area contributed by atoms with Gasteiger partial charge < -0.3 is 4.90 Å². The summed E-state index contributed by atoms with van der Waals surface area (Å²) < 4.78 is 0. The van der Waals surface area contributed by atoms with Gasteiger partial charge in [0.2, 0.25) is 6.29 Å². The molecule has 0 bridgehead atoms. The van der Waals surface area contributed by atoms with E-state index in [0.717, 1.165) is 19.6 Å². The highest BCUT2D eigenvalue weighted by Gasteiger charge is 2.23. The first-order valence-electron chi connectivity index (χ1n) is 5.70. The van der Waals surface area contributed by atoms with Crippen molar-refractivity contribution in [1.29, 1.82) is 0 Å². The first-order chi connectivity index (χ1) is 7.81. The summed E-state index contributed by atoms with van der Waals surface area (Å²) in [7, 11) is 0. The molecule has 0 saturated carbocycles. The Labute approximate surface area is 96.7 Å². The summed E-state index contributed by atoms with van der Waals surface area (Å²) in [5.41, 5.74) is 1.27. The molecule has 3 nitrogen and oxygen atoms in total. The van der Waals surface area contributed by atoms with Gasteiger partial charge in [0, 0.05) is 31.4 Å². The predicted octanol–water partition coefficient (Wildman–Crippen LogP) is 1.31. The maximum absolute atomic E-state index is 10.4. The average Bonchev–Trinajstić information content (AvgIpc) is 2.31. The van der Waals surface area contributed by atoms with Crippen molar-refractivity contribution in [2.45, 2.75) is 13.0 Å². The number of carbonyl (C=O) groups excluding carboxylic acids is 1. The molecule has 1 atom stereocenters. The van der Waals surface area contributed by atoms with Crippen molar-refractivity contribution in [3.8, 4) is 0 Å². The summed E-state index contributed by atoms with van der Waals surface area (Å²) in [6.07, 6.45) is 1.97. The Hall–Kier alpha value is -1.35. The van der Waals surface area contributed by atoms with Crippen molar-refractivity contribution < 1.29 is 4.79 Å². The lowest BCUT2D eigenvalue weighted by molar-refractivity contribution is 0.255. The molecule has 0 amide bonds. The van der Waals surface area contributed by atoms with E-state index in [1.54, 1.807) is 0 Å². The molecule has 1 aromatic carbocycles. The van der Waals surface area contributed by atoms with Crippen LogP contribution >= 0.6 is 0 Å². The Bertz CT molecular complexity index is 339. The minimum absolute atomic E-state index is 0.437. The average molecular weight is 217 g/mol. The van der Waals surface area contributed by atoms with Crippen molar-refractivity contribution in [2.24, 2.45) is 0 Å². The molecule has 0 aromatic heterocycles. The van der Waals surface area contributed by atoms with Crippen LogP contribution in [0.15, 0.2) is 30.3 Å². The minimum Gasteiger partial charge on any atom is -0.366 e. The molecule has 0 spiro atoms. The van der Waals surface area contributed by atoms with Crippen LogP contribution < -0.4 is 4.90 Å². The SMILES string of the molecule is CC1CN(C[C]=O)CCN1c1ccccc1. The maximum Gasteiger partial charge on any atom is 0.213 e. The van der Waals surface area contributed by atoms with Gasteiger partial charge in [0.15, 0.2) is 0 Å². The number of rotatable bonds is 3. The van der Waals surface area contributed by atoms with Crippen molar-refractivity contribution >= 4 is 12.0 Å². The van der Waals surface area contributed by atoms with Gasteiger partial charge in [-0.2, -0.15) is 0 Å². The van der Waals surface area contributed by atoms with Crippen LogP contribution in [0.1, 0.15) is 6.92 Å². The van der Waals surface area contributed by atoms with Crippen molar-refractivity contribution in [2.75, 3.05) is 31.1 Å². The fraction of sp³-hybridized carbons (Fsp3) is 0.462. The molecule has 85 valence electrons. The molecule has 1 aliphatic heterocycles. The van der Waals surface area contributed by atoms with E-state index in [9.17, 15) is 4.79 Å². The molecule has 16 heavy (non-hydrogen) atoms. The van der Waals surface area contributed by atoms with Crippen LogP contribution in [0, 0.1) is 0 Å². The molecule has 3 heteroatoms. The van der Waals surface area contributed by atoms with Gasteiger partial charge in [-0.25, -0.2) is 0 Å². The van der Waals surface area contributed by atoms with Crippen LogP contribution in [0.5, 0.6) is 0 Å². The molecule has 1 saturated heterocycles. The molecule has 2 rings (SSSR count). The molecule has 0 N–H and O–H groups in total. The summed E-state index contributed by atoms with van der Waals surface area (Å²) in [5.74, 6) is 0. The normalized spacial score (nSPS) is 22.1. The molecular formula is C13H17N2O. The third-order valence-corrected chi connectivity index (χ3v) is 3.09. The molecule has 1 aliphatic rings. The zero-order valence-corrected chi connectivity index (χ0v) is 9.60. The van der Waals surface area contributed by atoms with E-state index in [0.29, 0.717) is 12.6 Å². The minimum atomic E-state index is 0.437. The van der Waals surface area contributed by atoms with Crippen LogP contribution in [0.4, 0.5) is 5.69 Å². The summed E-state index contributed by atoms with van der Waals surface area (Å²) in [6.45, 7) is 5.49. The highest BCUT2D eigenvalue weighted by atomic mass is 16.1. The Balaban J connectivity index is 2.02. The van der Waals surface area contributed by atoms with Crippen molar-refractivity contribution in [3.63, 3.8) is 0 Å². The molecular weight excluding hydrogens is 200 g/mol. The van der Waals surface area contributed by atoms with E-state index in [4.69, 9.17) is 0 Å². The molecule has 1 fully saturated rings. The lowest BCUT2D eigenvalue weighted by Gasteiger charge is -2.40. The van der Waals surface area contributed by atoms with Crippen molar-refractivity contribution in [3.05, 3.63) is 30.3 Å². The van der Waals surface area contributed by atoms with Gasteiger partial charge in [0.25, 0.3) is 0 Å². The third kappa shape index (κ3) is 2.42. The molecule has 0 aliphatic carbocycles. The number of nitrogens with zero attached hydrogens (tertiary/aromatic N) is 2. The van der Waals surface area contributed by atoms with Gasteiger partial charge in [-0.05, 0) is 19.1 Å². The lowest BCUT2D eigenvalue weighted by atomic mass is 10.1. The standard InChI is InChI=1S/C13H17N2O/c1-12-11-14(9-10-16)7-8-15(12)13-5-3-2-4-6-13/h2-6,12H,7-9,11H2,1H3. The number of para-hydroxylation sites is 1. The number of hydrogen-bond donors (Lipinski definition) is 0. The Kier molecular flexibility index (Phi) is 3.57. The first-order valence-corrected chi connectivity index (χ1v) is 5.70. The number of anilines is 1. The summed E-state index contributed by atoms with van der Waals surface area (Å²) >= 11 is 0. The smallest absolute Gasteiger partial charge is 0.213 e. The molecule has 1 aromatic rings. The third-order valence-electron chi connectivity index (χ3n) is 3.09. The van der Waals surface area contributed by atoms with E-state index < -0.39 is 0 Å². The number of benzene rings is 1. The van der Waals surface area contributed by atoms with Crippen LogP contribution in [-0.4, -0.2) is 43.4 Å². The second kappa shape index (κ2) is 5.12. The highest BCUT2D eigenvalue weighted by molar-refractivity contribution is 5.53. The first kappa shape index (κ1) is 11.1. The second-order valence-corrected chi connectivity index (χ2v) is 4.26. The Morgan fingerprint density at radius 1 is 1.31 bits per heavy atom. The summed E-state index contributed by atoms with van der Waals surface area (Å²) in [4.78, 5) is 14.9. The van der Waals surface area contributed by atoms with Gasteiger partial charge in [0.1, 0.15) is 0 Å². The summed E-state index contributed by atoms with van der Waals surface area (Å²) in [5, 5.41) is 0. The van der Waals surface area contributed by atoms with E-state index >= 15 is 0 Å². The number of hydrogen-bond acceptors (Lipinski definition) is 3. The van der Waals surface area contributed by atoms with Gasteiger partial charge in [-0.15, -0.1) is 0 Å². The van der Waals surface area contributed by atoms with Crippen LogP contribution in [-0.2, 0) is 4.79 Å². The zero-order valence-electron chi connectivity index (χ0n) is 9.60. The number of piperazine rings is 1. The van der Waals surface area contributed by atoms with Crippen LogP contribution in [0.25, 0.3) is 0 Å². The van der Waals surface area contributed by atoms with Crippen LogP contribution in [0.3, 0.4) is 0 Å². The van der Waals surface area contributed by atoms with Gasteiger partial charge >= 0.3 is 0 Å². The fourth-order valence-electron chi connectivity index (χ4n) is 2.27. The molecule has 1 heterocycles. The van der Waals surface area contributed by atoms with Crippen LogP contribution in [0.2, 0.25) is 0 Å². The fourth-order valence-corrected chi connectivity index (χ4v) is 2.27. The second-order valence-electron chi connectivity index (χ2n) is 4.26. The highest BCUT2D eigenvalue weighted by Crippen LogP contribution is 2.19. The monoisotopic (exact) mass is 217 g/mol. The van der Waals surface area contributed by atoms with E-state index in [1.165, 1.54) is 5.69 Å². The van der Waals surface area contributed by atoms with Gasteiger partial charge in [0.05, 0.1) is 6.54 Å². The quantitative estimate of drug-likeness (QED) is 0.762.